The minimum absolute atomic E-state index is 0.191. The number of nitrogens with zero attached hydrogens (tertiary/aromatic N) is 2. The van der Waals surface area contributed by atoms with Crippen LogP contribution in [-0.2, 0) is 6.54 Å². The second-order valence-corrected chi connectivity index (χ2v) is 8.19. The fourth-order valence-corrected chi connectivity index (χ4v) is 4.46. The van der Waals surface area contributed by atoms with Crippen molar-refractivity contribution in [2.75, 3.05) is 5.32 Å². The summed E-state index contributed by atoms with van der Waals surface area (Å²) in [4.78, 5) is 15.5. The van der Waals surface area contributed by atoms with Crippen molar-refractivity contribution < 1.29 is 4.79 Å². The average molecular weight is 428 g/mol. The summed E-state index contributed by atoms with van der Waals surface area (Å²) >= 11 is 6.32. The number of carbonyl (C=O) groups is 1. The number of urea groups is 1. The number of halogens is 1. The second kappa shape index (κ2) is 7.97. The maximum absolute atomic E-state index is 13.6. The van der Waals surface area contributed by atoms with Gasteiger partial charge in [0.1, 0.15) is 0 Å². The number of hydrogen-bond acceptors (Lipinski definition) is 1. The molecule has 5 heteroatoms. The molecule has 5 rings (SSSR count). The number of carbonyl (C=O) groups excluding carboxylic acids is 1. The molecule has 0 spiro atoms. The van der Waals surface area contributed by atoms with Crippen molar-refractivity contribution in [1.82, 2.24) is 9.47 Å². The van der Waals surface area contributed by atoms with E-state index in [9.17, 15) is 4.79 Å². The van der Waals surface area contributed by atoms with Gasteiger partial charge in [0.05, 0.1) is 29.0 Å². The van der Waals surface area contributed by atoms with Crippen LogP contribution in [0.1, 0.15) is 28.4 Å². The van der Waals surface area contributed by atoms with E-state index in [1.807, 2.05) is 47.4 Å². The van der Waals surface area contributed by atoms with Crippen LogP contribution in [0.2, 0.25) is 5.02 Å². The van der Waals surface area contributed by atoms with Crippen LogP contribution in [0.4, 0.5) is 10.5 Å². The van der Waals surface area contributed by atoms with Gasteiger partial charge in [0.15, 0.2) is 0 Å². The van der Waals surface area contributed by atoms with Crippen molar-refractivity contribution in [3.05, 3.63) is 119 Å². The molecule has 0 saturated carbocycles. The van der Waals surface area contributed by atoms with E-state index in [2.05, 4.69) is 59.4 Å². The summed E-state index contributed by atoms with van der Waals surface area (Å²) in [5, 5.41) is 3.54. The molecule has 3 aromatic carbocycles. The zero-order valence-electron chi connectivity index (χ0n) is 17.1. The summed E-state index contributed by atoms with van der Waals surface area (Å²) in [5.74, 6) is 0. The van der Waals surface area contributed by atoms with Gasteiger partial charge in [0, 0.05) is 11.9 Å². The van der Waals surface area contributed by atoms with Gasteiger partial charge in [-0.05, 0) is 48.4 Å². The smallest absolute Gasteiger partial charge is 0.318 e. The van der Waals surface area contributed by atoms with Gasteiger partial charge in [0.25, 0.3) is 0 Å². The summed E-state index contributed by atoms with van der Waals surface area (Å²) in [6.45, 7) is 2.55. The van der Waals surface area contributed by atoms with Crippen molar-refractivity contribution in [3.63, 3.8) is 0 Å². The Morgan fingerprint density at radius 1 is 0.968 bits per heavy atom. The number of rotatable bonds is 2. The molecule has 0 unspecified atom stereocenters. The van der Waals surface area contributed by atoms with Crippen LogP contribution in [0, 0.1) is 6.92 Å². The van der Waals surface area contributed by atoms with Gasteiger partial charge in [-0.2, -0.15) is 0 Å². The van der Waals surface area contributed by atoms with Gasteiger partial charge >= 0.3 is 6.03 Å². The van der Waals surface area contributed by atoms with E-state index in [1.165, 1.54) is 0 Å². The summed E-state index contributed by atoms with van der Waals surface area (Å²) < 4.78 is 2.19. The van der Waals surface area contributed by atoms with E-state index < -0.39 is 0 Å². The van der Waals surface area contributed by atoms with Crippen molar-refractivity contribution >= 4 is 23.3 Å². The number of hydrogen-bond donors (Lipinski definition) is 1. The predicted octanol–water partition coefficient (Wildman–Crippen LogP) is 6.58. The molecule has 1 N–H and O–H groups in total. The molecule has 4 aromatic rings. The lowest BCUT2D eigenvalue weighted by molar-refractivity contribution is 0.194. The quantitative estimate of drug-likeness (QED) is 0.385. The summed E-state index contributed by atoms with van der Waals surface area (Å²) in [6.07, 6.45) is 2.06. The molecular weight excluding hydrogens is 406 g/mol. The molecule has 2 amide bonds. The number of anilines is 1. The number of nitrogens with one attached hydrogen (secondary N) is 1. The predicted molar refractivity (Wildman–Crippen MR) is 125 cm³/mol. The Morgan fingerprint density at radius 2 is 1.77 bits per heavy atom. The molecule has 0 fully saturated rings. The van der Waals surface area contributed by atoms with Crippen molar-refractivity contribution in [2.24, 2.45) is 0 Å². The molecule has 154 valence electrons. The molecule has 1 atom stereocenters. The van der Waals surface area contributed by atoms with Crippen molar-refractivity contribution in [1.29, 1.82) is 0 Å². The Morgan fingerprint density at radius 3 is 2.61 bits per heavy atom. The van der Waals surface area contributed by atoms with E-state index in [4.69, 9.17) is 11.6 Å². The number of fused-ring (bicyclic) bond motifs is 3. The molecule has 0 aliphatic carbocycles. The van der Waals surface area contributed by atoms with Crippen LogP contribution >= 0.6 is 11.6 Å². The molecule has 1 aliphatic heterocycles. The van der Waals surface area contributed by atoms with Crippen LogP contribution in [0.15, 0.2) is 91.1 Å². The van der Waals surface area contributed by atoms with Gasteiger partial charge < -0.3 is 14.8 Å². The Labute approximate surface area is 186 Å². The van der Waals surface area contributed by atoms with Gasteiger partial charge in [0.2, 0.25) is 0 Å². The molecular formula is C26H22ClN3O. The van der Waals surface area contributed by atoms with E-state index in [1.54, 1.807) is 6.07 Å². The normalized spacial score (nSPS) is 15.0. The summed E-state index contributed by atoms with van der Waals surface area (Å²) in [7, 11) is 0. The second-order valence-electron chi connectivity index (χ2n) is 7.79. The first-order valence-corrected chi connectivity index (χ1v) is 10.6. The van der Waals surface area contributed by atoms with Crippen LogP contribution in [0.5, 0.6) is 0 Å². The highest BCUT2D eigenvalue weighted by atomic mass is 35.5. The number of amides is 2. The van der Waals surface area contributed by atoms with Crippen LogP contribution < -0.4 is 5.32 Å². The standard InChI is InChI=1S/C26H22ClN3O/c1-18-8-6-10-19(16-18)25-24-14-7-15-29(24)23-13-5-2-9-20(23)17-30(25)26(31)28-22-12-4-3-11-21(22)27/h2-16,25H,17H2,1H3,(H,28,31)/t25-/m1/s1. The third-order valence-electron chi connectivity index (χ3n) is 5.70. The largest absolute Gasteiger partial charge is 0.323 e. The van der Waals surface area contributed by atoms with Crippen molar-refractivity contribution in [3.8, 4) is 5.69 Å². The summed E-state index contributed by atoms with van der Waals surface area (Å²) in [5.41, 5.74) is 6.05. The third kappa shape index (κ3) is 3.60. The lowest BCUT2D eigenvalue weighted by Gasteiger charge is -2.31. The maximum atomic E-state index is 13.6. The van der Waals surface area contributed by atoms with Crippen LogP contribution in [-0.4, -0.2) is 15.5 Å². The highest BCUT2D eigenvalue weighted by Gasteiger charge is 2.33. The van der Waals surface area contributed by atoms with Crippen molar-refractivity contribution in [2.45, 2.75) is 19.5 Å². The van der Waals surface area contributed by atoms with E-state index >= 15 is 0 Å². The van der Waals surface area contributed by atoms with Crippen LogP contribution in [0.25, 0.3) is 5.69 Å². The molecule has 0 saturated heterocycles. The number of para-hydroxylation sites is 2. The molecule has 2 heterocycles. The fourth-order valence-electron chi connectivity index (χ4n) is 4.28. The van der Waals surface area contributed by atoms with Gasteiger partial charge in [-0.25, -0.2) is 4.79 Å². The van der Waals surface area contributed by atoms with Gasteiger partial charge in [-0.15, -0.1) is 0 Å². The molecule has 4 nitrogen and oxygen atoms in total. The first kappa shape index (κ1) is 19.5. The van der Waals surface area contributed by atoms with Gasteiger partial charge in [-0.1, -0.05) is 71.8 Å². The monoisotopic (exact) mass is 427 g/mol. The lowest BCUT2D eigenvalue weighted by atomic mass is 10.00. The Balaban J connectivity index is 1.65. The Hall–Kier alpha value is -3.50. The molecule has 31 heavy (non-hydrogen) atoms. The van der Waals surface area contributed by atoms with E-state index in [0.29, 0.717) is 17.3 Å². The molecule has 1 aromatic heterocycles. The molecule has 1 aliphatic rings. The number of aromatic nitrogens is 1. The van der Waals surface area contributed by atoms with Crippen LogP contribution in [0.3, 0.4) is 0 Å². The highest BCUT2D eigenvalue weighted by Crippen LogP contribution is 2.37. The van der Waals surface area contributed by atoms with E-state index in [0.717, 1.165) is 28.1 Å². The Bertz CT molecular complexity index is 1260. The van der Waals surface area contributed by atoms with E-state index in [-0.39, 0.29) is 12.1 Å². The Kier molecular flexibility index (Phi) is 5.00. The minimum atomic E-state index is -0.246. The minimum Gasteiger partial charge on any atom is -0.318 e. The van der Waals surface area contributed by atoms with Gasteiger partial charge in [-0.3, -0.25) is 0 Å². The molecule has 0 bridgehead atoms. The number of benzene rings is 3. The first-order chi connectivity index (χ1) is 15.1. The zero-order valence-corrected chi connectivity index (χ0v) is 17.9. The average Bonchev–Trinajstić information content (AvgIpc) is 3.19. The highest BCUT2D eigenvalue weighted by molar-refractivity contribution is 6.33. The zero-order chi connectivity index (χ0) is 21.4. The SMILES string of the molecule is Cc1cccc([C@@H]2c3cccn3-c3ccccc3CN2C(=O)Nc2ccccc2Cl)c1. The maximum Gasteiger partial charge on any atom is 0.323 e. The number of aryl methyl sites for hydroxylation is 1. The third-order valence-corrected chi connectivity index (χ3v) is 6.03. The molecule has 0 radical (unpaired) electrons. The fraction of sp³-hybridized carbons (Fsp3) is 0.115. The first-order valence-electron chi connectivity index (χ1n) is 10.3. The summed E-state index contributed by atoms with van der Waals surface area (Å²) in [6, 6.07) is 27.6. The topological polar surface area (TPSA) is 37.3 Å². The lowest BCUT2D eigenvalue weighted by Crippen LogP contribution is -2.38.